The molecule has 2 aromatic rings. The first-order valence-electron chi connectivity index (χ1n) is 10.4. The van der Waals surface area contributed by atoms with Gasteiger partial charge in [0.2, 0.25) is 5.88 Å². The normalized spacial score (nSPS) is 20.9. The topological polar surface area (TPSA) is 122 Å². The zero-order valence-corrected chi connectivity index (χ0v) is 17.5. The van der Waals surface area contributed by atoms with Gasteiger partial charge in [-0.25, -0.2) is 0 Å². The molecular weight excluding hydrogens is 425 g/mol. The lowest BCUT2D eigenvalue weighted by atomic mass is 9.93. The lowest BCUT2D eigenvalue weighted by Gasteiger charge is -2.39. The molecule has 4 heterocycles. The number of amides is 1. The smallest absolute Gasteiger partial charge is 0.393 e. The molecule has 0 spiro atoms. The van der Waals surface area contributed by atoms with Crippen molar-refractivity contribution in [1.82, 2.24) is 4.98 Å². The van der Waals surface area contributed by atoms with Crippen molar-refractivity contribution in [2.75, 3.05) is 40.9 Å². The minimum Gasteiger partial charge on any atom is -0.438 e. The summed E-state index contributed by atoms with van der Waals surface area (Å²) in [4.78, 5) is 18.6. The summed E-state index contributed by atoms with van der Waals surface area (Å²) >= 11 is 0. The van der Waals surface area contributed by atoms with Crippen LogP contribution in [0, 0.1) is 5.92 Å². The maximum Gasteiger partial charge on any atom is 0.393 e. The Morgan fingerprint density at radius 1 is 1.41 bits per heavy atom. The molecule has 8 nitrogen and oxygen atoms in total. The Kier molecular flexibility index (Phi) is 5.76. The van der Waals surface area contributed by atoms with E-state index in [1.807, 2.05) is 13.0 Å². The van der Waals surface area contributed by atoms with E-state index in [9.17, 15) is 18.0 Å². The van der Waals surface area contributed by atoms with E-state index in [-0.39, 0.29) is 36.6 Å². The standard InChI is InChI=1S/C21H25F3N6O2/c1-2-11-5-16-18(28-7-11)17(19(26)32-16)20(31)29-14-8-27-4-3-15(14)30-9-12(21(22,23)24)6-13(25)10-30/h3-5,8,12-13,28H,2,6-7,9-10,25-26H2,1H3,(H,29,31)/t12-,13+/m1/s1. The van der Waals surface area contributed by atoms with E-state index in [1.54, 1.807) is 6.07 Å². The molecule has 0 radical (unpaired) electrons. The first-order chi connectivity index (χ1) is 15.2. The van der Waals surface area contributed by atoms with Crippen LogP contribution in [0.25, 0.3) is 6.08 Å². The molecule has 0 unspecified atom stereocenters. The molecule has 4 rings (SSSR count). The average Bonchev–Trinajstić information content (AvgIpc) is 3.07. The van der Waals surface area contributed by atoms with Crippen LogP contribution in [0.3, 0.4) is 0 Å². The average molecular weight is 450 g/mol. The quantitative estimate of drug-likeness (QED) is 0.563. The Hall–Kier alpha value is -3.21. The number of hydrogen-bond donors (Lipinski definition) is 4. The second-order valence-electron chi connectivity index (χ2n) is 8.08. The maximum atomic E-state index is 13.4. The number of carbonyl (C=O) groups is 1. The van der Waals surface area contributed by atoms with Crippen molar-refractivity contribution in [3.8, 4) is 0 Å². The lowest BCUT2D eigenvalue weighted by Crippen LogP contribution is -2.51. The summed E-state index contributed by atoms with van der Waals surface area (Å²) in [5.74, 6) is -1.67. The van der Waals surface area contributed by atoms with Gasteiger partial charge >= 0.3 is 6.18 Å². The molecule has 6 N–H and O–H groups in total. The molecule has 1 saturated heterocycles. The van der Waals surface area contributed by atoms with E-state index >= 15 is 0 Å². The van der Waals surface area contributed by atoms with Gasteiger partial charge in [-0.1, -0.05) is 6.92 Å². The van der Waals surface area contributed by atoms with Crippen LogP contribution in [0.1, 0.15) is 35.9 Å². The minimum atomic E-state index is -4.35. The highest BCUT2D eigenvalue weighted by molar-refractivity contribution is 6.13. The van der Waals surface area contributed by atoms with Crippen LogP contribution in [-0.4, -0.2) is 42.7 Å². The molecule has 0 aliphatic carbocycles. The van der Waals surface area contributed by atoms with Gasteiger partial charge in [-0.05, 0) is 30.6 Å². The number of nitrogens with one attached hydrogen (secondary N) is 2. The fourth-order valence-corrected chi connectivity index (χ4v) is 4.15. The molecule has 2 atom stereocenters. The fraction of sp³-hybridized carbons (Fsp3) is 0.429. The second-order valence-corrected chi connectivity index (χ2v) is 8.08. The molecule has 2 aliphatic rings. The summed E-state index contributed by atoms with van der Waals surface area (Å²) in [5.41, 5.74) is 14.3. The third-order valence-electron chi connectivity index (χ3n) is 5.80. The fourth-order valence-electron chi connectivity index (χ4n) is 4.15. The van der Waals surface area contributed by atoms with Gasteiger partial charge in [0.05, 0.1) is 29.2 Å². The lowest BCUT2D eigenvalue weighted by molar-refractivity contribution is -0.177. The van der Waals surface area contributed by atoms with Gasteiger partial charge in [-0.2, -0.15) is 13.2 Å². The number of nitrogen functional groups attached to an aromatic ring is 1. The molecule has 1 fully saturated rings. The van der Waals surface area contributed by atoms with Gasteiger partial charge in [0, 0.05) is 31.9 Å². The molecule has 1 amide bonds. The Bertz CT molecular complexity index is 1050. The largest absolute Gasteiger partial charge is 0.438 e. The molecule has 172 valence electrons. The van der Waals surface area contributed by atoms with Crippen molar-refractivity contribution >= 4 is 34.9 Å². The Balaban J connectivity index is 1.60. The zero-order chi connectivity index (χ0) is 23.0. The summed E-state index contributed by atoms with van der Waals surface area (Å²) in [5, 5.41) is 5.88. The van der Waals surface area contributed by atoms with Gasteiger partial charge in [0.25, 0.3) is 5.91 Å². The number of nitrogens with zero attached hydrogens (tertiary/aromatic N) is 2. The molecule has 0 aromatic carbocycles. The number of alkyl halides is 3. The van der Waals surface area contributed by atoms with E-state index in [0.29, 0.717) is 23.7 Å². The van der Waals surface area contributed by atoms with Crippen LogP contribution < -0.4 is 27.0 Å². The van der Waals surface area contributed by atoms with Crippen molar-refractivity contribution in [2.24, 2.45) is 11.7 Å². The monoisotopic (exact) mass is 450 g/mol. The Morgan fingerprint density at radius 3 is 2.91 bits per heavy atom. The number of fused-ring (bicyclic) bond motifs is 1. The Morgan fingerprint density at radius 2 is 2.19 bits per heavy atom. The summed E-state index contributed by atoms with van der Waals surface area (Å²) < 4.78 is 45.6. The Labute approximate surface area is 182 Å². The van der Waals surface area contributed by atoms with E-state index in [2.05, 4.69) is 15.6 Å². The highest BCUT2D eigenvalue weighted by Crippen LogP contribution is 2.38. The second kappa shape index (κ2) is 8.38. The summed E-state index contributed by atoms with van der Waals surface area (Å²) in [6.45, 7) is 2.55. The minimum absolute atomic E-state index is 0.0452. The van der Waals surface area contributed by atoms with Crippen LogP contribution in [0.4, 0.5) is 36.1 Å². The molecule has 0 bridgehead atoms. The number of nitrogens with two attached hydrogens (primary N) is 2. The molecule has 2 aliphatic heterocycles. The highest BCUT2D eigenvalue weighted by atomic mass is 19.4. The summed E-state index contributed by atoms with van der Waals surface area (Å²) in [6, 6.07) is 0.913. The predicted molar refractivity (Wildman–Crippen MR) is 116 cm³/mol. The van der Waals surface area contributed by atoms with E-state index in [0.717, 1.165) is 12.0 Å². The number of piperidine rings is 1. The molecular formula is C21H25F3N6O2. The van der Waals surface area contributed by atoms with Crippen LogP contribution >= 0.6 is 0 Å². The van der Waals surface area contributed by atoms with E-state index < -0.39 is 24.0 Å². The van der Waals surface area contributed by atoms with Gasteiger partial charge in [0.1, 0.15) is 5.56 Å². The van der Waals surface area contributed by atoms with Crippen molar-refractivity contribution in [3.05, 3.63) is 35.4 Å². The summed E-state index contributed by atoms with van der Waals surface area (Å²) in [7, 11) is 0. The third kappa shape index (κ3) is 4.24. The van der Waals surface area contributed by atoms with E-state index in [4.69, 9.17) is 15.9 Å². The highest BCUT2D eigenvalue weighted by Gasteiger charge is 2.44. The number of pyridine rings is 1. The van der Waals surface area contributed by atoms with Gasteiger partial charge < -0.3 is 31.4 Å². The number of rotatable bonds is 4. The van der Waals surface area contributed by atoms with Crippen molar-refractivity contribution < 1.29 is 22.4 Å². The van der Waals surface area contributed by atoms with Crippen LogP contribution in [-0.2, 0) is 0 Å². The van der Waals surface area contributed by atoms with Gasteiger partial charge in [0.15, 0.2) is 5.76 Å². The van der Waals surface area contributed by atoms with Gasteiger partial charge in [-0.3, -0.25) is 9.78 Å². The van der Waals surface area contributed by atoms with Crippen molar-refractivity contribution in [2.45, 2.75) is 32.0 Å². The predicted octanol–water partition coefficient (Wildman–Crippen LogP) is 3.44. The number of anilines is 4. The molecule has 32 heavy (non-hydrogen) atoms. The molecule has 11 heteroatoms. The van der Waals surface area contributed by atoms with Crippen LogP contribution in [0.15, 0.2) is 28.5 Å². The van der Waals surface area contributed by atoms with Gasteiger partial charge in [-0.15, -0.1) is 0 Å². The van der Waals surface area contributed by atoms with Crippen molar-refractivity contribution in [1.29, 1.82) is 0 Å². The number of furan rings is 1. The number of hydrogen-bond acceptors (Lipinski definition) is 7. The van der Waals surface area contributed by atoms with Crippen molar-refractivity contribution in [3.63, 3.8) is 0 Å². The zero-order valence-electron chi connectivity index (χ0n) is 17.5. The number of halogens is 3. The number of aromatic nitrogens is 1. The molecule has 2 aromatic heterocycles. The maximum absolute atomic E-state index is 13.4. The first-order valence-corrected chi connectivity index (χ1v) is 10.4. The third-order valence-corrected chi connectivity index (χ3v) is 5.80. The van der Waals surface area contributed by atoms with Crippen LogP contribution in [0.5, 0.6) is 0 Å². The summed E-state index contributed by atoms with van der Waals surface area (Å²) in [6.07, 6.45) is 1.03. The first kappa shape index (κ1) is 22.0. The van der Waals surface area contributed by atoms with E-state index in [1.165, 1.54) is 17.3 Å². The molecule has 0 saturated carbocycles. The van der Waals surface area contributed by atoms with Crippen LogP contribution in [0.2, 0.25) is 0 Å². The number of carbonyl (C=O) groups excluding carboxylic acids is 1. The SMILES string of the molecule is CCC1=Cc2oc(N)c(C(=O)Nc3cnccc3N3C[C@@H](N)C[C@@H](C(F)(F)F)C3)c2NC1.